The Morgan fingerprint density at radius 3 is 2.53 bits per heavy atom. The molecule has 2 fully saturated rings. The van der Waals surface area contributed by atoms with E-state index in [4.69, 9.17) is 9.47 Å². The molecular weight excluding hydrogens is 212 g/mol. The van der Waals surface area contributed by atoms with Gasteiger partial charge in [-0.05, 0) is 29.6 Å². The molecule has 1 heterocycles. The molecule has 2 aliphatic carbocycles. The standard InChI is InChI=1S/C15H24O2/c1-11(2)12-4-5-14(3)6-7-15(10-13(12)14)16-8-9-17-15/h4-5,11-13H,6-10H2,1-3H3/t12-,13-,14+/m1/s1. The van der Waals surface area contributed by atoms with Crippen molar-refractivity contribution in [3.05, 3.63) is 12.2 Å². The summed E-state index contributed by atoms with van der Waals surface area (Å²) in [7, 11) is 0. The van der Waals surface area contributed by atoms with Crippen LogP contribution >= 0.6 is 0 Å². The first kappa shape index (κ1) is 11.7. The van der Waals surface area contributed by atoms with E-state index in [1.54, 1.807) is 0 Å². The predicted octanol–water partition coefficient (Wildman–Crippen LogP) is 3.38. The summed E-state index contributed by atoms with van der Waals surface area (Å²) in [5.41, 5.74) is 0.384. The summed E-state index contributed by atoms with van der Waals surface area (Å²) in [5.74, 6) is 1.89. The highest BCUT2D eigenvalue weighted by molar-refractivity contribution is 5.17. The minimum Gasteiger partial charge on any atom is -0.348 e. The summed E-state index contributed by atoms with van der Waals surface area (Å²) in [6.45, 7) is 8.64. The number of hydrogen-bond donors (Lipinski definition) is 0. The lowest BCUT2D eigenvalue weighted by atomic mass is 9.63. The van der Waals surface area contributed by atoms with E-state index in [9.17, 15) is 0 Å². The van der Waals surface area contributed by atoms with Crippen molar-refractivity contribution < 1.29 is 9.47 Å². The Balaban J connectivity index is 1.83. The van der Waals surface area contributed by atoms with E-state index in [0.29, 0.717) is 17.3 Å². The second kappa shape index (κ2) is 3.83. The molecule has 2 nitrogen and oxygen atoms in total. The fourth-order valence-electron chi connectivity index (χ4n) is 4.01. The van der Waals surface area contributed by atoms with Crippen molar-refractivity contribution >= 4 is 0 Å². The summed E-state index contributed by atoms with van der Waals surface area (Å²) in [4.78, 5) is 0. The normalized spacial score (nSPS) is 43.5. The maximum Gasteiger partial charge on any atom is 0.168 e. The highest BCUT2D eigenvalue weighted by Gasteiger charge is 2.53. The van der Waals surface area contributed by atoms with Crippen molar-refractivity contribution in [1.29, 1.82) is 0 Å². The molecule has 17 heavy (non-hydrogen) atoms. The van der Waals surface area contributed by atoms with Gasteiger partial charge in [-0.25, -0.2) is 0 Å². The number of allylic oxidation sites excluding steroid dienone is 2. The zero-order valence-electron chi connectivity index (χ0n) is 11.2. The molecule has 3 atom stereocenters. The number of fused-ring (bicyclic) bond motifs is 1. The summed E-state index contributed by atoms with van der Waals surface area (Å²) in [5, 5.41) is 0. The van der Waals surface area contributed by atoms with Crippen LogP contribution in [0.4, 0.5) is 0 Å². The molecule has 96 valence electrons. The molecule has 1 saturated carbocycles. The minimum absolute atomic E-state index is 0.233. The van der Waals surface area contributed by atoms with Crippen molar-refractivity contribution in [2.75, 3.05) is 13.2 Å². The SMILES string of the molecule is CC(C)[C@H]1C=C[C@@]2(C)CCC3(C[C@H]12)OCCO3. The Kier molecular flexibility index (Phi) is 2.64. The Morgan fingerprint density at radius 2 is 1.88 bits per heavy atom. The maximum atomic E-state index is 5.91. The van der Waals surface area contributed by atoms with Crippen molar-refractivity contribution in [1.82, 2.24) is 0 Å². The van der Waals surface area contributed by atoms with Gasteiger partial charge in [0.25, 0.3) is 0 Å². The van der Waals surface area contributed by atoms with Gasteiger partial charge in [-0.1, -0.05) is 32.9 Å². The van der Waals surface area contributed by atoms with Crippen molar-refractivity contribution in [3.63, 3.8) is 0 Å². The average molecular weight is 236 g/mol. The molecule has 0 aromatic heterocycles. The van der Waals surface area contributed by atoms with Crippen LogP contribution in [0.15, 0.2) is 12.2 Å². The molecule has 0 bridgehead atoms. The molecule has 0 amide bonds. The quantitative estimate of drug-likeness (QED) is 0.650. The summed E-state index contributed by atoms with van der Waals surface area (Å²) >= 11 is 0. The fourth-order valence-corrected chi connectivity index (χ4v) is 4.01. The average Bonchev–Trinajstić information content (AvgIpc) is 2.85. The van der Waals surface area contributed by atoms with Gasteiger partial charge in [-0.2, -0.15) is 0 Å². The molecule has 0 radical (unpaired) electrons. The molecule has 0 aromatic rings. The molecule has 2 heteroatoms. The van der Waals surface area contributed by atoms with Gasteiger partial charge in [0, 0.05) is 12.8 Å². The highest BCUT2D eigenvalue weighted by Crippen LogP contribution is 2.56. The van der Waals surface area contributed by atoms with Gasteiger partial charge in [0.1, 0.15) is 0 Å². The molecule has 3 rings (SSSR count). The van der Waals surface area contributed by atoms with E-state index in [1.807, 2.05) is 0 Å². The van der Waals surface area contributed by atoms with Crippen LogP contribution < -0.4 is 0 Å². The van der Waals surface area contributed by atoms with E-state index in [-0.39, 0.29) is 5.79 Å². The Morgan fingerprint density at radius 1 is 1.18 bits per heavy atom. The minimum atomic E-state index is -0.233. The van der Waals surface area contributed by atoms with Gasteiger partial charge in [-0.3, -0.25) is 0 Å². The monoisotopic (exact) mass is 236 g/mol. The molecule has 0 N–H and O–H groups in total. The van der Waals surface area contributed by atoms with Crippen LogP contribution in [-0.2, 0) is 9.47 Å². The third-order valence-corrected chi connectivity index (χ3v) is 5.17. The van der Waals surface area contributed by atoms with Gasteiger partial charge in [-0.15, -0.1) is 0 Å². The van der Waals surface area contributed by atoms with Crippen LogP contribution in [0.3, 0.4) is 0 Å². The maximum absolute atomic E-state index is 5.91. The fraction of sp³-hybridized carbons (Fsp3) is 0.867. The van der Waals surface area contributed by atoms with Crippen molar-refractivity contribution in [2.45, 2.75) is 45.8 Å². The van der Waals surface area contributed by atoms with Crippen LogP contribution in [0.5, 0.6) is 0 Å². The van der Waals surface area contributed by atoms with Gasteiger partial charge < -0.3 is 9.47 Å². The largest absolute Gasteiger partial charge is 0.348 e. The van der Waals surface area contributed by atoms with Crippen molar-refractivity contribution in [3.8, 4) is 0 Å². The molecular formula is C15H24O2. The topological polar surface area (TPSA) is 18.5 Å². The predicted molar refractivity (Wildman–Crippen MR) is 67.6 cm³/mol. The molecule has 1 saturated heterocycles. The first-order chi connectivity index (χ1) is 8.05. The Bertz CT molecular complexity index is 328. The second-order valence-electron chi connectivity index (χ2n) is 6.60. The van der Waals surface area contributed by atoms with Crippen LogP contribution in [0.25, 0.3) is 0 Å². The van der Waals surface area contributed by atoms with E-state index < -0.39 is 0 Å². The summed E-state index contributed by atoms with van der Waals surface area (Å²) in [6, 6.07) is 0. The molecule has 1 spiro atoms. The van der Waals surface area contributed by atoms with Crippen LogP contribution in [0, 0.1) is 23.2 Å². The second-order valence-corrected chi connectivity index (χ2v) is 6.60. The smallest absolute Gasteiger partial charge is 0.168 e. The van der Waals surface area contributed by atoms with E-state index in [1.165, 1.54) is 6.42 Å². The molecule has 0 aromatic carbocycles. The number of rotatable bonds is 1. The van der Waals surface area contributed by atoms with E-state index >= 15 is 0 Å². The van der Waals surface area contributed by atoms with E-state index in [2.05, 4.69) is 32.9 Å². The van der Waals surface area contributed by atoms with E-state index in [0.717, 1.165) is 32.0 Å². The summed E-state index contributed by atoms with van der Waals surface area (Å²) in [6.07, 6.45) is 8.26. The lowest BCUT2D eigenvalue weighted by molar-refractivity contribution is -0.204. The molecule has 1 aliphatic heterocycles. The third-order valence-electron chi connectivity index (χ3n) is 5.17. The zero-order valence-corrected chi connectivity index (χ0v) is 11.2. The Hall–Kier alpha value is -0.340. The van der Waals surface area contributed by atoms with Gasteiger partial charge in [0.15, 0.2) is 5.79 Å². The van der Waals surface area contributed by atoms with Gasteiger partial charge in [0.2, 0.25) is 0 Å². The van der Waals surface area contributed by atoms with Crippen LogP contribution in [-0.4, -0.2) is 19.0 Å². The van der Waals surface area contributed by atoms with Crippen LogP contribution in [0.2, 0.25) is 0 Å². The van der Waals surface area contributed by atoms with Crippen LogP contribution in [0.1, 0.15) is 40.0 Å². The number of ether oxygens (including phenoxy) is 2. The molecule has 0 unspecified atom stereocenters. The van der Waals surface area contributed by atoms with Crippen molar-refractivity contribution in [2.24, 2.45) is 23.2 Å². The lowest BCUT2D eigenvalue weighted by Gasteiger charge is -2.46. The van der Waals surface area contributed by atoms with Gasteiger partial charge in [0.05, 0.1) is 13.2 Å². The van der Waals surface area contributed by atoms with Gasteiger partial charge >= 0.3 is 0 Å². The highest BCUT2D eigenvalue weighted by atomic mass is 16.7. The number of hydrogen-bond acceptors (Lipinski definition) is 2. The molecule has 3 aliphatic rings. The lowest BCUT2D eigenvalue weighted by Crippen LogP contribution is -2.45. The zero-order chi connectivity index (χ0) is 12.1. The first-order valence-electron chi connectivity index (χ1n) is 7.02. The Labute approximate surface area is 104 Å². The third kappa shape index (κ3) is 1.77. The summed E-state index contributed by atoms with van der Waals surface area (Å²) < 4.78 is 11.8. The first-order valence-corrected chi connectivity index (χ1v) is 7.02.